The molecule has 1 heterocycles. The second kappa shape index (κ2) is 3.77. The molecule has 0 amide bonds. The molecule has 0 aliphatic carbocycles. The fourth-order valence-corrected chi connectivity index (χ4v) is 1.46. The summed E-state index contributed by atoms with van der Waals surface area (Å²) in [6.45, 7) is 5.62. The van der Waals surface area contributed by atoms with Crippen molar-refractivity contribution in [3.05, 3.63) is 12.2 Å². The molecule has 1 rings (SSSR count). The van der Waals surface area contributed by atoms with Crippen LogP contribution in [0.25, 0.3) is 0 Å². The summed E-state index contributed by atoms with van der Waals surface area (Å²) in [5, 5.41) is 3.43. The first-order valence-corrected chi connectivity index (χ1v) is 4.17. The second-order valence-electron chi connectivity index (χ2n) is 3.36. The molecule has 0 aromatic rings. The molecule has 58 valence electrons. The average Bonchev–Trinajstić information content (AvgIpc) is 1.83. The Balaban J connectivity index is 2.39. The highest BCUT2D eigenvalue weighted by atomic mass is 14.9. The van der Waals surface area contributed by atoms with E-state index in [0.717, 1.165) is 12.5 Å². The Kier molecular flexibility index (Phi) is 2.94. The normalized spacial score (nSPS) is 38.2. The average molecular weight is 139 g/mol. The lowest BCUT2D eigenvalue weighted by molar-refractivity contribution is 0.428. The first-order chi connectivity index (χ1) is 4.79. The molecule has 0 fully saturated rings. The van der Waals surface area contributed by atoms with Crippen LogP contribution in [0.3, 0.4) is 0 Å². The fraction of sp³-hybridized carbons (Fsp3) is 0.778. The highest BCUT2D eigenvalue weighted by Gasteiger charge is 2.07. The van der Waals surface area contributed by atoms with Gasteiger partial charge >= 0.3 is 0 Å². The van der Waals surface area contributed by atoms with Crippen molar-refractivity contribution in [1.82, 2.24) is 5.32 Å². The molecule has 2 unspecified atom stereocenters. The summed E-state index contributed by atoms with van der Waals surface area (Å²) in [7, 11) is 0. The third-order valence-corrected chi connectivity index (χ3v) is 2.05. The van der Waals surface area contributed by atoms with Gasteiger partial charge in [0.1, 0.15) is 0 Å². The van der Waals surface area contributed by atoms with Crippen LogP contribution in [0.4, 0.5) is 0 Å². The lowest BCUT2D eigenvalue weighted by Crippen LogP contribution is -2.28. The van der Waals surface area contributed by atoms with Gasteiger partial charge in [-0.2, -0.15) is 0 Å². The maximum absolute atomic E-state index is 3.43. The first-order valence-electron chi connectivity index (χ1n) is 4.17. The van der Waals surface area contributed by atoms with Crippen molar-refractivity contribution in [2.45, 2.75) is 32.7 Å². The third-order valence-electron chi connectivity index (χ3n) is 2.05. The summed E-state index contributed by atoms with van der Waals surface area (Å²) < 4.78 is 0. The maximum atomic E-state index is 3.43. The van der Waals surface area contributed by atoms with Gasteiger partial charge in [-0.15, -0.1) is 0 Å². The quantitative estimate of drug-likeness (QED) is 0.506. The summed E-state index contributed by atoms with van der Waals surface area (Å²) in [6.07, 6.45) is 7.08. The minimum absolute atomic E-state index is 0.694. The van der Waals surface area contributed by atoms with Gasteiger partial charge < -0.3 is 5.32 Å². The van der Waals surface area contributed by atoms with Crippen LogP contribution >= 0.6 is 0 Å². The van der Waals surface area contributed by atoms with Crippen molar-refractivity contribution >= 4 is 0 Å². The van der Waals surface area contributed by atoms with E-state index in [-0.39, 0.29) is 0 Å². The van der Waals surface area contributed by atoms with Crippen LogP contribution in [-0.4, -0.2) is 12.6 Å². The van der Waals surface area contributed by atoms with Crippen molar-refractivity contribution in [1.29, 1.82) is 0 Å². The third kappa shape index (κ3) is 2.53. The van der Waals surface area contributed by atoms with Gasteiger partial charge in [0, 0.05) is 12.6 Å². The van der Waals surface area contributed by atoms with Crippen LogP contribution in [0.1, 0.15) is 26.7 Å². The van der Waals surface area contributed by atoms with Crippen molar-refractivity contribution in [3.63, 3.8) is 0 Å². The Morgan fingerprint density at radius 2 is 2.10 bits per heavy atom. The minimum atomic E-state index is 0.694. The molecule has 0 radical (unpaired) electrons. The van der Waals surface area contributed by atoms with Crippen LogP contribution in [0, 0.1) is 5.92 Å². The molecule has 0 spiro atoms. The summed E-state index contributed by atoms with van der Waals surface area (Å²) in [6, 6.07) is 0.694. The smallest absolute Gasteiger partial charge is 0.0137 e. The van der Waals surface area contributed by atoms with E-state index in [4.69, 9.17) is 0 Å². The molecule has 1 heteroatoms. The molecule has 1 aliphatic heterocycles. The molecule has 1 N–H and O–H groups in total. The highest BCUT2D eigenvalue weighted by molar-refractivity contribution is 4.89. The molecule has 1 aliphatic rings. The zero-order valence-electron chi connectivity index (χ0n) is 6.93. The predicted octanol–water partition coefficient (Wildman–Crippen LogP) is 1.95. The summed E-state index contributed by atoms with van der Waals surface area (Å²) in [4.78, 5) is 0. The van der Waals surface area contributed by atoms with Gasteiger partial charge in [-0.1, -0.05) is 19.1 Å². The predicted molar refractivity (Wildman–Crippen MR) is 45.0 cm³/mol. The van der Waals surface area contributed by atoms with E-state index in [2.05, 4.69) is 31.3 Å². The van der Waals surface area contributed by atoms with E-state index in [9.17, 15) is 0 Å². The van der Waals surface area contributed by atoms with Crippen LogP contribution in [0.5, 0.6) is 0 Å². The molecular formula is C9H17N. The zero-order chi connectivity index (χ0) is 7.40. The van der Waals surface area contributed by atoms with Crippen molar-refractivity contribution < 1.29 is 0 Å². The first kappa shape index (κ1) is 7.80. The van der Waals surface area contributed by atoms with E-state index in [1.54, 1.807) is 0 Å². The summed E-state index contributed by atoms with van der Waals surface area (Å²) in [5.41, 5.74) is 0. The van der Waals surface area contributed by atoms with Gasteiger partial charge in [-0.05, 0) is 25.7 Å². The Labute approximate surface area is 63.5 Å². The minimum Gasteiger partial charge on any atom is -0.311 e. The lowest BCUT2D eigenvalue weighted by Gasteiger charge is -2.18. The molecule has 0 bridgehead atoms. The van der Waals surface area contributed by atoms with Crippen LogP contribution in [0.2, 0.25) is 0 Å². The molecule has 0 saturated heterocycles. The monoisotopic (exact) mass is 139 g/mol. The van der Waals surface area contributed by atoms with Crippen molar-refractivity contribution in [2.75, 3.05) is 6.54 Å². The summed E-state index contributed by atoms with van der Waals surface area (Å²) in [5.74, 6) is 0.846. The Morgan fingerprint density at radius 1 is 1.30 bits per heavy atom. The van der Waals surface area contributed by atoms with E-state index < -0.39 is 0 Å². The number of allylic oxidation sites excluding steroid dienone is 1. The molecule has 10 heavy (non-hydrogen) atoms. The van der Waals surface area contributed by atoms with Gasteiger partial charge in [-0.3, -0.25) is 0 Å². The number of hydrogen-bond acceptors (Lipinski definition) is 1. The van der Waals surface area contributed by atoms with Crippen molar-refractivity contribution in [3.8, 4) is 0 Å². The van der Waals surface area contributed by atoms with E-state index >= 15 is 0 Å². The van der Waals surface area contributed by atoms with Gasteiger partial charge in [0.25, 0.3) is 0 Å². The topological polar surface area (TPSA) is 12.0 Å². The largest absolute Gasteiger partial charge is 0.311 e. The van der Waals surface area contributed by atoms with E-state index in [1.165, 1.54) is 12.8 Å². The van der Waals surface area contributed by atoms with Gasteiger partial charge in [-0.25, -0.2) is 0 Å². The standard InChI is InChI=1S/C9H17N/c1-8-5-3-4-6-10-9(2)7-8/h3-4,8-10H,5-7H2,1-2H3/b4-3-. The molecule has 0 aromatic heterocycles. The summed E-state index contributed by atoms with van der Waals surface area (Å²) >= 11 is 0. The van der Waals surface area contributed by atoms with Gasteiger partial charge in [0.05, 0.1) is 0 Å². The lowest BCUT2D eigenvalue weighted by atomic mass is 9.98. The van der Waals surface area contributed by atoms with Gasteiger partial charge in [0.2, 0.25) is 0 Å². The molecular weight excluding hydrogens is 122 g/mol. The zero-order valence-corrected chi connectivity index (χ0v) is 6.93. The SMILES string of the molecule is CC1C/C=C\CNC(C)C1. The number of nitrogens with one attached hydrogen (secondary N) is 1. The maximum Gasteiger partial charge on any atom is 0.0137 e. The molecule has 2 atom stereocenters. The van der Waals surface area contributed by atoms with Crippen LogP contribution < -0.4 is 5.32 Å². The number of hydrogen-bond donors (Lipinski definition) is 1. The Bertz CT molecular complexity index is 118. The van der Waals surface area contributed by atoms with Crippen LogP contribution in [-0.2, 0) is 0 Å². The molecule has 0 aromatic carbocycles. The Morgan fingerprint density at radius 3 is 2.90 bits per heavy atom. The second-order valence-corrected chi connectivity index (χ2v) is 3.36. The molecule has 1 nitrogen and oxygen atoms in total. The van der Waals surface area contributed by atoms with E-state index in [1.807, 2.05) is 0 Å². The number of rotatable bonds is 0. The van der Waals surface area contributed by atoms with Crippen molar-refractivity contribution in [2.24, 2.45) is 5.92 Å². The van der Waals surface area contributed by atoms with Gasteiger partial charge in [0.15, 0.2) is 0 Å². The van der Waals surface area contributed by atoms with E-state index in [0.29, 0.717) is 6.04 Å². The Hall–Kier alpha value is -0.300. The van der Waals surface area contributed by atoms with Crippen LogP contribution in [0.15, 0.2) is 12.2 Å². The highest BCUT2D eigenvalue weighted by Crippen LogP contribution is 2.12. The molecule has 0 saturated carbocycles. The fourth-order valence-electron chi connectivity index (χ4n) is 1.46.